The summed E-state index contributed by atoms with van der Waals surface area (Å²) >= 11 is 0. The van der Waals surface area contributed by atoms with Gasteiger partial charge in [0.1, 0.15) is 0 Å². The van der Waals surface area contributed by atoms with Gasteiger partial charge in [-0.25, -0.2) is 9.97 Å². The van der Waals surface area contributed by atoms with E-state index in [0.717, 1.165) is 55.8 Å². The van der Waals surface area contributed by atoms with Crippen LogP contribution in [0.4, 0.5) is 0 Å². The minimum atomic E-state index is 0.703. The summed E-state index contributed by atoms with van der Waals surface area (Å²) in [6, 6.07) is 82.7. The van der Waals surface area contributed by atoms with Crippen molar-refractivity contribution < 1.29 is 0 Å². The van der Waals surface area contributed by atoms with Gasteiger partial charge < -0.3 is 9.13 Å². The van der Waals surface area contributed by atoms with Gasteiger partial charge in [0.15, 0.2) is 5.82 Å². The Bertz CT molecular complexity index is 3920. The second kappa shape index (κ2) is 14.5. The Balaban J connectivity index is 0.905. The summed E-state index contributed by atoms with van der Waals surface area (Å²) in [5, 5.41) is 8.43. The molecule has 0 saturated carbocycles. The van der Waals surface area contributed by atoms with Crippen LogP contribution in [0.3, 0.4) is 0 Å². The number of aromatic nitrogens is 4. The van der Waals surface area contributed by atoms with Crippen LogP contribution in [0.25, 0.3) is 122 Å². The van der Waals surface area contributed by atoms with Gasteiger partial charge in [-0.2, -0.15) is 0 Å². The highest BCUT2D eigenvalue weighted by Gasteiger charge is 2.18. The molecule has 0 N–H and O–H groups in total. The molecule has 0 aliphatic rings. The Kier molecular flexibility index (Phi) is 8.18. The van der Waals surface area contributed by atoms with Gasteiger partial charge in [0.05, 0.1) is 33.3 Å². The highest BCUT2D eigenvalue weighted by Crippen LogP contribution is 2.40. The van der Waals surface area contributed by atoms with E-state index in [1.54, 1.807) is 0 Å². The topological polar surface area (TPSA) is 35.6 Å². The first-order chi connectivity index (χ1) is 31.7. The van der Waals surface area contributed by atoms with Crippen LogP contribution in [-0.4, -0.2) is 19.1 Å². The fourth-order valence-electron chi connectivity index (χ4n) is 9.88. The van der Waals surface area contributed by atoms with Crippen LogP contribution in [0.15, 0.2) is 231 Å². The summed E-state index contributed by atoms with van der Waals surface area (Å²) < 4.78 is 4.77. The molecule has 0 spiro atoms. The van der Waals surface area contributed by atoms with E-state index in [-0.39, 0.29) is 0 Å². The van der Waals surface area contributed by atoms with Crippen molar-refractivity contribution in [2.75, 3.05) is 0 Å². The van der Waals surface area contributed by atoms with E-state index in [1.165, 1.54) is 59.9 Å². The molecular formula is C60H38N4. The Labute approximate surface area is 369 Å². The standard InChI is InChI=1S/C60H38N4/c1-4-15-41(16-5-1)58-53-38-44(45-31-35-57-52(37-45)50-32-28-40-14-10-11-21-48(40)59(50)64(57)47-19-8-3-9-20-47)29-33-54(53)61-60(62-58)42-26-24-39(25-27-42)43-30-34-56-51(36-43)49-22-12-13-23-55(49)63(56)46-17-6-2-7-18-46/h1-38H. The predicted molar refractivity (Wildman–Crippen MR) is 267 cm³/mol. The molecule has 0 aliphatic heterocycles. The molecule has 4 heteroatoms. The van der Waals surface area contributed by atoms with Gasteiger partial charge in [0, 0.05) is 54.8 Å². The fourth-order valence-corrected chi connectivity index (χ4v) is 9.88. The zero-order valence-electron chi connectivity index (χ0n) is 34.7. The second-order valence-corrected chi connectivity index (χ2v) is 16.6. The van der Waals surface area contributed by atoms with E-state index in [1.807, 2.05) is 0 Å². The lowest BCUT2D eigenvalue weighted by atomic mass is 9.98. The molecular weight excluding hydrogens is 777 g/mol. The Hall–Kier alpha value is -8.60. The molecule has 3 aromatic heterocycles. The smallest absolute Gasteiger partial charge is 0.160 e. The van der Waals surface area contributed by atoms with Crippen LogP contribution in [-0.2, 0) is 0 Å². The fraction of sp³-hybridized carbons (Fsp3) is 0. The van der Waals surface area contributed by atoms with Crippen molar-refractivity contribution in [3.8, 4) is 56.3 Å². The Morgan fingerprint density at radius 1 is 0.281 bits per heavy atom. The largest absolute Gasteiger partial charge is 0.309 e. The van der Waals surface area contributed by atoms with Crippen molar-refractivity contribution in [2.45, 2.75) is 0 Å². The van der Waals surface area contributed by atoms with E-state index in [0.29, 0.717) is 5.82 Å². The predicted octanol–water partition coefficient (Wildman–Crippen LogP) is 15.6. The summed E-state index contributed by atoms with van der Waals surface area (Å²) in [6.07, 6.45) is 0. The number of hydrogen-bond acceptors (Lipinski definition) is 2. The third-order valence-corrected chi connectivity index (χ3v) is 12.9. The Morgan fingerprint density at radius 3 is 1.53 bits per heavy atom. The van der Waals surface area contributed by atoms with E-state index in [4.69, 9.17) is 9.97 Å². The summed E-state index contributed by atoms with van der Waals surface area (Å²) in [4.78, 5) is 10.5. The first kappa shape index (κ1) is 36.1. The highest BCUT2D eigenvalue weighted by molar-refractivity contribution is 6.19. The van der Waals surface area contributed by atoms with E-state index >= 15 is 0 Å². The van der Waals surface area contributed by atoms with Crippen LogP contribution in [0.2, 0.25) is 0 Å². The van der Waals surface area contributed by atoms with Crippen LogP contribution in [0, 0.1) is 0 Å². The van der Waals surface area contributed by atoms with Gasteiger partial charge in [-0.1, -0.05) is 164 Å². The van der Waals surface area contributed by atoms with Crippen LogP contribution < -0.4 is 0 Å². The summed E-state index contributed by atoms with van der Waals surface area (Å²) in [7, 11) is 0. The number of para-hydroxylation sites is 3. The van der Waals surface area contributed by atoms with Gasteiger partial charge in [0.2, 0.25) is 0 Å². The van der Waals surface area contributed by atoms with Crippen molar-refractivity contribution in [1.82, 2.24) is 19.1 Å². The molecule has 0 radical (unpaired) electrons. The molecule has 13 aromatic rings. The Morgan fingerprint density at radius 2 is 0.797 bits per heavy atom. The van der Waals surface area contributed by atoms with Gasteiger partial charge in [-0.15, -0.1) is 0 Å². The first-order valence-electron chi connectivity index (χ1n) is 21.8. The maximum absolute atomic E-state index is 5.32. The average molecular weight is 815 g/mol. The minimum Gasteiger partial charge on any atom is -0.309 e. The lowest BCUT2D eigenvalue weighted by molar-refractivity contribution is 1.18. The maximum atomic E-state index is 5.32. The molecule has 0 unspecified atom stereocenters. The molecule has 0 aliphatic carbocycles. The SMILES string of the molecule is c1ccc(-c2nc(-c3ccc(-c4ccc5c(c4)c4ccccc4n5-c4ccccc4)cc3)nc3ccc(-c4ccc5c(c4)c4ccc6ccccc6c4n5-c4ccccc4)cc23)cc1. The maximum Gasteiger partial charge on any atom is 0.160 e. The van der Waals surface area contributed by atoms with Crippen molar-refractivity contribution in [3.05, 3.63) is 231 Å². The van der Waals surface area contributed by atoms with Crippen LogP contribution in [0.5, 0.6) is 0 Å². The van der Waals surface area contributed by atoms with E-state index < -0.39 is 0 Å². The van der Waals surface area contributed by atoms with Gasteiger partial charge in [0.25, 0.3) is 0 Å². The normalized spacial score (nSPS) is 11.8. The number of fused-ring (bicyclic) bond motifs is 9. The molecule has 298 valence electrons. The zero-order chi connectivity index (χ0) is 42.1. The highest BCUT2D eigenvalue weighted by atomic mass is 15.0. The zero-order valence-corrected chi connectivity index (χ0v) is 34.7. The molecule has 0 amide bonds. The lowest BCUT2D eigenvalue weighted by Gasteiger charge is -2.12. The number of nitrogens with zero attached hydrogens (tertiary/aromatic N) is 4. The summed E-state index contributed by atoms with van der Waals surface area (Å²) in [6.45, 7) is 0. The van der Waals surface area contributed by atoms with Gasteiger partial charge in [-0.3, -0.25) is 0 Å². The molecule has 10 aromatic carbocycles. The number of hydrogen-bond donors (Lipinski definition) is 0. The summed E-state index contributed by atoms with van der Waals surface area (Å²) in [5.41, 5.74) is 15.6. The van der Waals surface area contributed by atoms with E-state index in [2.05, 4.69) is 240 Å². The summed E-state index contributed by atoms with van der Waals surface area (Å²) in [5.74, 6) is 0.703. The van der Waals surface area contributed by atoms with Crippen LogP contribution in [0.1, 0.15) is 0 Å². The minimum absolute atomic E-state index is 0.703. The molecule has 13 rings (SSSR count). The molecule has 0 saturated heterocycles. The molecule has 0 atom stereocenters. The third kappa shape index (κ3) is 5.77. The molecule has 0 fully saturated rings. The van der Waals surface area contributed by atoms with Crippen molar-refractivity contribution in [2.24, 2.45) is 0 Å². The lowest BCUT2D eigenvalue weighted by Crippen LogP contribution is -1.96. The number of benzene rings is 10. The average Bonchev–Trinajstić information content (AvgIpc) is 3.89. The van der Waals surface area contributed by atoms with Crippen molar-refractivity contribution in [3.63, 3.8) is 0 Å². The number of rotatable bonds is 6. The van der Waals surface area contributed by atoms with Crippen LogP contribution >= 0.6 is 0 Å². The van der Waals surface area contributed by atoms with Crippen molar-refractivity contribution >= 4 is 65.3 Å². The van der Waals surface area contributed by atoms with Crippen molar-refractivity contribution in [1.29, 1.82) is 0 Å². The monoisotopic (exact) mass is 814 g/mol. The van der Waals surface area contributed by atoms with Gasteiger partial charge in [-0.05, 0) is 94.4 Å². The van der Waals surface area contributed by atoms with E-state index in [9.17, 15) is 0 Å². The quantitative estimate of drug-likeness (QED) is 0.168. The molecule has 0 bridgehead atoms. The third-order valence-electron chi connectivity index (χ3n) is 12.9. The second-order valence-electron chi connectivity index (χ2n) is 16.6. The molecule has 4 nitrogen and oxygen atoms in total. The molecule has 64 heavy (non-hydrogen) atoms. The molecule has 3 heterocycles. The first-order valence-corrected chi connectivity index (χ1v) is 21.8. The van der Waals surface area contributed by atoms with Gasteiger partial charge >= 0.3 is 0 Å².